The van der Waals surface area contributed by atoms with Crippen molar-refractivity contribution in [1.82, 2.24) is 0 Å². The minimum absolute atomic E-state index is 0.133. The van der Waals surface area contributed by atoms with Gasteiger partial charge in [-0.25, -0.2) is 0 Å². The first-order valence-electron chi connectivity index (χ1n) is 7.83. The third-order valence-corrected chi connectivity index (χ3v) is 4.75. The fourth-order valence-electron chi connectivity index (χ4n) is 2.66. The molecule has 3 nitrogen and oxygen atoms in total. The maximum atomic E-state index is 11.6. The quantitative estimate of drug-likeness (QED) is 0.537. The van der Waals surface area contributed by atoms with Gasteiger partial charge in [-0.1, -0.05) is 59.1 Å². The number of carbonyl (C=O) groups is 1. The average molecular weight is 410 g/mol. The topological polar surface area (TPSA) is 46.5 Å². The summed E-state index contributed by atoms with van der Waals surface area (Å²) in [7, 11) is 0. The standard InChI is InChI=1S/C20H15Cl3O3/c21-17-3-1-13(2-4-17)12-26-20(25)6-5-14(7-16(20)11-24)15-8-18(22)10-19(23)9-15/h1-11,16,25H,12H2. The highest BCUT2D eigenvalue weighted by Gasteiger charge is 2.36. The highest BCUT2D eigenvalue weighted by molar-refractivity contribution is 6.35. The lowest BCUT2D eigenvalue weighted by Crippen LogP contribution is -2.40. The minimum atomic E-state index is -1.73. The maximum Gasteiger partial charge on any atom is 0.199 e. The Balaban J connectivity index is 1.80. The molecule has 0 radical (unpaired) electrons. The molecule has 1 N–H and O–H groups in total. The van der Waals surface area contributed by atoms with E-state index >= 15 is 0 Å². The van der Waals surface area contributed by atoms with Crippen molar-refractivity contribution in [3.8, 4) is 0 Å². The van der Waals surface area contributed by atoms with E-state index in [-0.39, 0.29) is 6.61 Å². The first-order chi connectivity index (χ1) is 12.4. The Morgan fingerprint density at radius 3 is 2.31 bits per heavy atom. The summed E-state index contributed by atoms with van der Waals surface area (Å²) in [5.74, 6) is -2.60. The number of benzene rings is 2. The highest BCUT2D eigenvalue weighted by Crippen LogP contribution is 2.34. The molecule has 2 aromatic carbocycles. The number of carbonyl (C=O) groups excluding carboxylic acids is 1. The summed E-state index contributed by atoms with van der Waals surface area (Å²) in [5, 5.41) is 12.4. The lowest BCUT2D eigenvalue weighted by Gasteiger charge is -2.31. The lowest BCUT2D eigenvalue weighted by molar-refractivity contribution is -0.196. The maximum absolute atomic E-state index is 11.6. The molecular formula is C20H15Cl3O3. The van der Waals surface area contributed by atoms with E-state index in [1.165, 1.54) is 6.08 Å². The summed E-state index contributed by atoms with van der Waals surface area (Å²) in [6.07, 6.45) is 5.43. The zero-order valence-corrected chi connectivity index (χ0v) is 15.8. The van der Waals surface area contributed by atoms with Crippen LogP contribution in [-0.4, -0.2) is 17.2 Å². The van der Waals surface area contributed by atoms with Crippen LogP contribution < -0.4 is 0 Å². The molecule has 6 heteroatoms. The van der Waals surface area contributed by atoms with Gasteiger partial charge in [0.05, 0.1) is 12.5 Å². The van der Waals surface area contributed by atoms with Gasteiger partial charge in [0.15, 0.2) is 5.79 Å². The molecule has 0 spiro atoms. The Hall–Kier alpha value is -1.62. The van der Waals surface area contributed by atoms with Crippen molar-refractivity contribution in [2.75, 3.05) is 0 Å². The van der Waals surface area contributed by atoms with E-state index in [2.05, 4.69) is 0 Å². The van der Waals surface area contributed by atoms with Gasteiger partial charge < -0.3 is 14.6 Å². The molecule has 2 unspecified atom stereocenters. The van der Waals surface area contributed by atoms with Crippen LogP contribution in [-0.2, 0) is 16.1 Å². The average Bonchev–Trinajstić information content (AvgIpc) is 2.61. The van der Waals surface area contributed by atoms with Crippen molar-refractivity contribution in [2.24, 2.45) is 5.92 Å². The molecule has 0 aliphatic heterocycles. The summed E-state index contributed by atoms with van der Waals surface area (Å²) in [6.45, 7) is 0.133. The van der Waals surface area contributed by atoms with Crippen LogP contribution in [0, 0.1) is 5.92 Å². The normalized spacial score (nSPS) is 22.2. The monoisotopic (exact) mass is 408 g/mol. The van der Waals surface area contributed by atoms with E-state index in [0.29, 0.717) is 21.4 Å². The Bertz CT molecular complexity index is 854. The van der Waals surface area contributed by atoms with Crippen LogP contribution in [0.1, 0.15) is 11.1 Å². The van der Waals surface area contributed by atoms with Gasteiger partial charge in [0.2, 0.25) is 0 Å². The van der Waals surface area contributed by atoms with E-state index in [1.807, 2.05) is 0 Å². The first-order valence-corrected chi connectivity index (χ1v) is 8.96. The Morgan fingerprint density at radius 1 is 1.04 bits per heavy atom. The predicted octanol–water partition coefficient (Wildman–Crippen LogP) is 5.32. The molecule has 0 aromatic heterocycles. The zero-order chi connectivity index (χ0) is 18.7. The number of aldehydes is 1. The van der Waals surface area contributed by atoms with E-state index < -0.39 is 11.7 Å². The molecule has 0 amide bonds. The first kappa shape index (κ1) is 19.2. The highest BCUT2D eigenvalue weighted by atomic mass is 35.5. The third kappa shape index (κ3) is 4.37. The molecule has 3 rings (SSSR count). The summed E-state index contributed by atoms with van der Waals surface area (Å²) in [4.78, 5) is 11.6. The van der Waals surface area contributed by atoms with E-state index in [0.717, 1.165) is 16.7 Å². The summed E-state index contributed by atoms with van der Waals surface area (Å²) in [5.41, 5.74) is 2.31. The molecule has 1 aliphatic rings. The van der Waals surface area contributed by atoms with Crippen LogP contribution in [0.4, 0.5) is 0 Å². The largest absolute Gasteiger partial charge is 0.361 e. The number of aliphatic hydroxyl groups is 1. The van der Waals surface area contributed by atoms with Gasteiger partial charge in [-0.15, -0.1) is 0 Å². The molecule has 1 aliphatic carbocycles. The van der Waals surface area contributed by atoms with Crippen LogP contribution in [0.15, 0.2) is 60.7 Å². The van der Waals surface area contributed by atoms with Gasteiger partial charge in [0.25, 0.3) is 0 Å². The van der Waals surface area contributed by atoms with Crippen LogP contribution in [0.3, 0.4) is 0 Å². The van der Waals surface area contributed by atoms with E-state index in [9.17, 15) is 9.90 Å². The molecule has 26 heavy (non-hydrogen) atoms. The number of allylic oxidation sites excluding steroid dienone is 2. The zero-order valence-electron chi connectivity index (χ0n) is 13.5. The third-order valence-electron chi connectivity index (χ3n) is 4.06. The number of hydrogen-bond donors (Lipinski definition) is 1. The summed E-state index contributed by atoms with van der Waals surface area (Å²) < 4.78 is 5.63. The number of ether oxygens (including phenoxy) is 1. The lowest BCUT2D eigenvalue weighted by atomic mass is 9.88. The molecule has 2 atom stereocenters. The SMILES string of the molecule is O=CC1C=C(c2cc(Cl)cc(Cl)c2)C=CC1(O)OCc1ccc(Cl)cc1. The van der Waals surface area contributed by atoms with E-state index in [4.69, 9.17) is 39.5 Å². The summed E-state index contributed by atoms with van der Waals surface area (Å²) >= 11 is 17.9. The Morgan fingerprint density at radius 2 is 1.69 bits per heavy atom. The van der Waals surface area contributed by atoms with Gasteiger partial charge in [-0.2, -0.15) is 0 Å². The molecule has 0 heterocycles. The van der Waals surface area contributed by atoms with Gasteiger partial charge >= 0.3 is 0 Å². The van der Waals surface area contributed by atoms with Crippen LogP contribution in [0.5, 0.6) is 0 Å². The molecule has 134 valence electrons. The fraction of sp³-hybridized carbons (Fsp3) is 0.150. The predicted molar refractivity (Wildman–Crippen MR) is 104 cm³/mol. The number of halogens is 3. The second-order valence-electron chi connectivity index (χ2n) is 5.94. The second-order valence-corrected chi connectivity index (χ2v) is 7.25. The number of rotatable bonds is 5. The van der Waals surface area contributed by atoms with Crippen molar-refractivity contribution in [2.45, 2.75) is 12.4 Å². The number of hydrogen-bond acceptors (Lipinski definition) is 3. The van der Waals surface area contributed by atoms with Gasteiger partial charge in [0.1, 0.15) is 6.29 Å². The molecule has 0 fully saturated rings. The Labute approximate surface area is 166 Å². The van der Waals surface area contributed by atoms with Crippen molar-refractivity contribution >= 4 is 46.7 Å². The van der Waals surface area contributed by atoms with Crippen LogP contribution >= 0.6 is 34.8 Å². The van der Waals surface area contributed by atoms with Crippen molar-refractivity contribution in [3.05, 3.63) is 86.9 Å². The molecule has 0 bridgehead atoms. The van der Waals surface area contributed by atoms with Crippen molar-refractivity contribution < 1.29 is 14.6 Å². The van der Waals surface area contributed by atoms with Gasteiger partial charge in [-0.05, 0) is 53.1 Å². The van der Waals surface area contributed by atoms with Gasteiger partial charge in [0, 0.05) is 15.1 Å². The van der Waals surface area contributed by atoms with Crippen molar-refractivity contribution in [3.63, 3.8) is 0 Å². The smallest absolute Gasteiger partial charge is 0.199 e. The molecule has 0 saturated carbocycles. The minimum Gasteiger partial charge on any atom is -0.361 e. The molecular weight excluding hydrogens is 395 g/mol. The summed E-state index contributed by atoms with van der Waals surface area (Å²) in [6, 6.07) is 12.2. The Kier molecular flexibility index (Phi) is 5.86. The molecule has 0 saturated heterocycles. The molecule has 2 aromatic rings. The second kappa shape index (κ2) is 7.95. The van der Waals surface area contributed by atoms with Crippen molar-refractivity contribution in [1.29, 1.82) is 0 Å². The van der Waals surface area contributed by atoms with Gasteiger partial charge in [-0.3, -0.25) is 0 Å². The van der Waals surface area contributed by atoms with Crippen LogP contribution in [0.25, 0.3) is 5.57 Å². The fourth-order valence-corrected chi connectivity index (χ4v) is 3.31. The van der Waals surface area contributed by atoms with E-state index in [1.54, 1.807) is 54.6 Å². The van der Waals surface area contributed by atoms with Crippen LogP contribution in [0.2, 0.25) is 15.1 Å².